The molecule has 1 aliphatic rings. The van der Waals surface area contributed by atoms with Crippen LogP contribution in [0.1, 0.15) is 18.9 Å². The van der Waals surface area contributed by atoms with Crippen molar-refractivity contribution in [3.8, 4) is 0 Å². The number of rotatable bonds is 1. The minimum absolute atomic E-state index is 0.0625. The van der Waals surface area contributed by atoms with Gasteiger partial charge in [-0.2, -0.15) is 0 Å². The van der Waals surface area contributed by atoms with Crippen LogP contribution in [0.2, 0.25) is 0 Å². The van der Waals surface area contributed by atoms with Crippen LogP contribution in [0, 0.1) is 5.92 Å². The highest BCUT2D eigenvalue weighted by Crippen LogP contribution is 2.49. The molecule has 2 unspecified atom stereocenters. The number of nitrogens with two attached hydrogens (primary N) is 1. The Morgan fingerprint density at radius 1 is 1.80 bits per heavy atom. The Labute approximate surface area is 60.0 Å². The van der Waals surface area contributed by atoms with E-state index in [4.69, 9.17) is 10.2 Å². The van der Waals surface area contributed by atoms with Crippen LogP contribution in [0.4, 0.5) is 0 Å². The summed E-state index contributed by atoms with van der Waals surface area (Å²) < 4.78 is 4.95. The van der Waals surface area contributed by atoms with Gasteiger partial charge in [0.25, 0.3) is 0 Å². The standard InChI is InChI=1S/C8H11NO/c1-6-4-8(6,9)7-2-3-10-5-7/h2-3,5-6H,4,9H2,1H3. The fraction of sp³-hybridized carbons (Fsp3) is 0.500. The van der Waals surface area contributed by atoms with Crippen LogP contribution in [-0.2, 0) is 5.54 Å². The van der Waals surface area contributed by atoms with Gasteiger partial charge in [0.1, 0.15) is 0 Å². The van der Waals surface area contributed by atoms with Gasteiger partial charge < -0.3 is 10.2 Å². The van der Waals surface area contributed by atoms with Crippen LogP contribution in [0.15, 0.2) is 23.0 Å². The lowest BCUT2D eigenvalue weighted by Crippen LogP contribution is -2.20. The van der Waals surface area contributed by atoms with E-state index < -0.39 is 0 Å². The van der Waals surface area contributed by atoms with E-state index >= 15 is 0 Å². The fourth-order valence-electron chi connectivity index (χ4n) is 1.38. The third kappa shape index (κ3) is 0.625. The van der Waals surface area contributed by atoms with Crippen LogP contribution >= 0.6 is 0 Å². The number of furan rings is 1. The van der Waals surface area contributed by atoms with Crippen molar-refractivity contribution in [2.75, 3.05) is 0 Å². The molecule has 1 aromatic heterocycles. The first-order valence-corrected chi connectivity index (χ1v) is 3.55. The van der Waals surface area contributed by atoms with E-state index in [1.807, 2.05) is 6.07 Å². The molecule has 2 heteroatoms. The highest BCUT2D eigenvalue weighted by atomic mass is 16.3. The molecule has 2 rings (SSSR count). The highest BCUT2D eigenvalue weighted by Gasteiger charge is 2.49. The minimum Gasteiger partial charge on any atom is -0.472 e. The van der Waals surface area contributed by atoms with Crippen LogP contribution < -0.4 is 5.73 Å². The van der Waals surface area contributed by atoms with Crippen molar-refractivity contribution in [3.63, 3.8) is 0 Å². The van der Waals surface area contributed by atoms with E-state index in [-0.39, 0.29) is 5.54 Å². The van der Waals surface area contributed by atoms with Gasteiger partial charge >= 0.3 is 0 Å². The van der Waals surface area contributed by atoms with Crippen molar-refractivity contribution < 1.29 is 4.42 Å². The third-order valence-corrected chi connectivity index (χ3v) is 2.42. The summed E-state index contributed by atoms with van der Waals surface area (Å²) in [6.45, 7) is 2.16. The second-order valence-corrected chi connectivity index (χ2v) is 3.16. The van der Waals surface area contributed by atoms with Crippen LogP contribution in [0.3, 0.4) is 0 Å². The quantitative estimate of drug-likeness (QED) is 0.636. The van der Waals surface area contributed by atoms with Gasteiger partial charge in [0.15, 0.2) is 0 Å². The largest absolute Gasteiger partial charge is 0.472 e. The van der Waals surface area contributed by atoms with Crippen molar-refractivity contribution in [3.05, 3.63) is 24.2 Å². The van der Waals surface area contributed by atoms with E-state index in [0.717, 1.165) is 12.0 Å². The number of hydrogen-bond acceptors (Lipinski definition) is 2. The van der Waals surface area contributed by atoms with Crippen LogP contribution in [0.25, 0.3) is 0 Å². The lowest BCUT2D eigenvalue weighted by molar-refractivity contribution is 0.553. The molecule has 2 N–H and O–H groups in total. The maximum absolute atomic E-state index is 6.00. The summed E-state index contributed by atoms with van der Waals surface area (Å²) in [4.78, 5) is 0. The molecule has 2 nitrogen and oxygen atoms in total. The van der Waals surface area contributed by atoms with Gasteiger partial charge in [-0.3, -0.25) is 0 Å². The predicted octanol–water partition coefficient (Wildman–Crippen LogP) is 1.47. The van der Waals surface area contributed by atoms with Crippen molar-refractivity contribution in [2.45, 2.75) is 18.9 Å². The Morgan fingerprint density at radius 2 is 2.50 bits per heavy atom. The molecule has 10 heavy (non-hydrogen) atoms. The second kappa shape index (κ2) is 1.64. The van der Waals surface area contributed by atoms with E-state index in [1.165, 1.54) is 0 Å². The Morgan fingerprint density at radius 3 is 2.90 bits per heavy atom. The molecule has 0 radical (unpaired) electrons. The average molecular weight is 137 g/mol. The minimum atomic E-state index is -0.0625. The molecule has 0 bridgehead atoms. The summed E-state index contributed by atoms with van der Waals surface area (Å²) in [7, 11) is 0. The maximum Gasteiger partial charge on any atom is 0.0953 e. The summed E-state index contributed by atoms with van der Waals surface area (Å²) in [6.07, 6.45) is 4.50. The Bertz CT molecular complexity index is 229. The van der Waals surface area contributed by atoms with Gasteiger partial charge in [0.2, 0.25) is 0 Å². The third-order valence-electron chi connectivity index (χ3n) is 2.42. The normalized spacial score (nSPS) is 38.0. The van der Waals surface area contributed by atoms with E-state index in [9.17, 15) is 0 Å². The van der Waals surface area contributed by atoms with Crippen molar-refractivity contribution >= 4 is 0 Å². The predicted molar refractivity (Wildman–Crippen MR) is 38.4 cm³/mol. The van der Waals surface area contributed by atoms with Gasteiger partial charge in [-0.25, -0.2) is 0 Å². The SMILES string of the molecule is CC1CC1(N)c1ccoc1. The lowest BCUT2D eigenvalue weighted by atomic mass is 10.1. The van der Waals surface area contributed by atoms with Crippen molar-refractivity contribution in [1.82, 2.24) is 0 Å². The topological polar surface area (TPSA) is 39.2 Å². The molecule has 0 aromatic carbocycles. The molecule has 1 aromatic rings. The van der Waals surface area contributed by atoms with Gasteiger partial charge in [-0.15, -0.1) is 0 Å². The summed E-state index contributed by atoms with van der Waals surface area (Å²) in [5, 5.41) is 0. The van der Waals surface area contributed by atoms with Crippen molar-refractivity contribution in [1.29, 1.82) is 0 Å². The summed E-state index contributed by atoms with van der Waals surface area (Å²) in [6, 6.07) is 1.95. The van der Waals surface area contributed by atoms with Gasteiger partial charge in [0, 0.05) is 11.1 Å². The summed E-state index contributed by atoms with van der Waals surface area (Å²) in [5.41, 5.74) is 7.07. The molecule has 1 aliphatic carbocycles. The van der Waals surface area contributed by atoms with Gasteiger partial charge in [0.05, 0.1) is 12.5 Å². The molecule has 0 aliphatic heterocycles. The van der Waals surface area contributed by atoms with Crippen molar-refractivity contribution in [2.24, 2.45) is 11.7 Å². The van der Waals surface area contributed by atoms with E-state index in [0.29, 0.717) is 5.92 Å². The molecular formula is C8H11NO. The molecule has 0 amide bonds. The molecule has 1 fully saturated rings. The maximum atomic E-state index is 6.00. The van der Waals surface area contributed by atoms with E-state index in [1.54, 1.807) is 12.5 Å². The summed E-state index contributed by atoms with van der Waals surface area (Å²) in [5.74, 6) is 0.616. The Hall–Kier alpha value is -0.760. The molecule has 0 spiro atoms. The molecular weight excluding hydrogens is 126 g/mol. The Kier molecular flexibility index (Phi) is 0.980. The highest BCUT2D eigenvalue weighted by molar-refractivity contribution is 5.27. The number of hydrogen-bond donors (Lipinski definition) is 1. The van der Waals surface area contributed by atoms with Crippen LogP contribution in [0.5, 0.6) is 0 Å². The monoisotopic (exact) mass is 137 g/mol. The smallest absolute Gasteiger partial charge is 0.0953 e. The summed E-state index contributed by atoms with van der Waals surface area (Å²) >= 11 is 0. The molecule has 1 heterocycles. The van der Waals surface area contributed by atoms with Gasteiger partial charge in [-0.05, 0) is 18.4 Å². The molecule has 1 saturated carbocycles. The zero-order valence-electron chi connectivity index (χ0n) is 6.00. The van der Waals surface area contributed by atoms with Gasteiger partial charge in [-0.1, -0.05) is 6.92 Å². The molecule has 54 valence electrons. The first-order valence-electron chi connectivity index (χ1n) is 3.55. The zero-order chi connectivity index (χ0) is 7.19. The zero-order valence-corrected chi connectivity index (χ0v) is 6.00. The second-order valence-electron chi connectivity index (χ2n) is 3.16. The van der Waals surface area contributed by atoms with Crippen LogP contribution in [-0.4, -0.2) is 0 Å². The molecule has 0 saturated heterocycles. The lowest BCUT2D eigenvalue weighted by Gasteiger charge is -2.04. The molecule has 2 atom stereocenters. The fourth-order valence-corrected chi connectivity index (χ4v) is 1.38. The first kappa shape index (κ1) is 5.98. The Balaban J connectivity index is 2.30. The first-order chi connectivity index (χ1) is 4.73. The average Bonchev–Trinajstić information content (AvgIpc) is 2.35. The van der Waals surface area contributed by atoms with E-state index in [2.05, 4.69) is 6.92 Å².